The van der Waals surface area contributed by atoms with Gasteiger partial charge in [-0.1, -0.05) is 54.6 Å². The molecule has 2 aromatic carbocycles. The van der Waals surface area contributed by atoms with Crippen LogP contribution < -0.4 is 0 Å². The third-order valence-electron chi connectivity index (χ3n) is 5.00. The van der Waals surface area contributed by atoms with Crippen LogP contribution in [-0.4, -0.2) is 5.60 Å². The Balaban J connectivity index is 1.88. The number of fused-ring (bicyclic) bond motifs is 3. The molecule has 0 fully saturated rings. The van der Waals surface area contributed by atoms with E-state index in [9.17, 15) is 0 Å². The van der Waals surface area contributed by atoms with Crippen molar-refractivity contribution in [1.82, 2.24) is 0 Å². The lowest BCUT2D eigenvalue weighted by Gasteiger charge is -2.23. The van der Waals surface area contributed by atoms with Crippen LogP contribution in [-0.2, 0) is 4.74 Å². The van der Waals surface area contributed by atoms with E-state index in [4.69, 9.17) is 4.74 Å². The molecule has 0 atom stereocenters. The van der Waals surface area contributed by atoms with Gasteiger partial charge in [0, 0.05) is 16.7 Å². The molecule has 3 aromatic rings. The molecule has 2 heteroatoms. The Bertz CT molecular complexity index is 1020. The van der Waals surface area contributed by atoms with E-state index in [2.05, 4.69) is 79.2 Å². The van der Waals surface area contributed by atoms with Crippen LogP contribution in [0.4, 0.5) is 0 Å². The first kappa shape index (κ1) is 14.7. The fraction of sp³-hybridized carbons (Fsp3) is 0.130. The molecular formula is C23H18OS. The maximum atomic E-state index is 6.51. The molecule has 2 heterocycles. The highest BCUT2D eigenvalue weighted by Crippen LogP contribution is 2.57. The molecule has 5 rings (SSSR count). The molecule has 0 radical (unpaired) electrons. The summed E-state index contributed by atoms with van der Waals surface area (Å²) < 4.78 is 6.51. The third-order valence-corrected chi connectivity index (χ3v) is 5.68. The average molecular weight is 342 g/mol. The van der Waals surface area contributed by atoms with Crippen molar-refractivity contribution in [1.29, 1.82) is 0 Å². The number of hydrogen-bond donors (Lipinski definition) is 0. The van der Waals surface area contributed by atoms with E-state index >= 15 is 0 Å². The van der Waals surface area contributed by atoms with Gasteiger partial charge in [0.15, 0.2) is 0 Å². The van der Waals surface area contributed by atoms with Gasteiger partial charge in [-0.2, -0.15) is 11.3 Å². The summed E-state index contributed by atoms with van der Waals surface area (Å²) in [5, 5.41) is 4.38. The minimum atomic E-state index is -0.350. The van der Waals surface area contributed by atoms with Crippen LogP contribution in [0.1, 0.15) is 36.1 Å². The lowest BCUT2D eigenvalue weighted by atomic mass is 9.89. The third kappa shape index (κ3) is 2.07. The van der Waals surface area contributed by atoms with Crippen LogP contribution in [0.15, 0.2) is 77.0 Å². The SMILES string of the molecule is CC1(C)OC(c2ccccc2)=C2C1=C(c1ccsc1)c1ccccc12. The Morgan fingerprint density at radius 3 is 2.12 bits per heavy atom. The number of ether oxygens (including phenoxy) is 1. The van der Waals surface area contributed by atoms with Crippen molar-refractivity contribution in [3.63, 3.8) is 0 Å². The van der Waals surface area contributed by atoms with Crippen molar-refractivity contribution in [3.05, 3.63) is 99.3 Å². The second-order valence-electron chi connectivity index (χ2n) is 6.99. The average Bonchev–Trinajstić information content (AvgIpc) is 3.31. The van der Waals surface area contributed by atoms with Crippen molar-refractivity contribution in [2.24, 2.45) is 0 Å². The first-order valence-corrected chi connectivity index (χ1v) is 9.47. The highest BCUT2D eigenvalue weighted by atomic mass is 32.1. The zero-order valence-corrected chi connectivity index (χ0v) is 15.1. The van der Waals surface area contributed by atoms with Gasteiger partial charge in [-0.3, -0.25) is 0 Å². The largest absolute Gasteiger partial charge is 0.482 e. The van der Waals surface area contributed by atoms with E-state index in [0.717, 1.165) is 11.3 Å². The molecule has 1 aliphatic heterocycles. The number of rotatable bonds is 2. The molecule has 0 unspecified atom stereocenters. The molecule has 0 saturated carbocycles. The Labute approximate surface area is 151 Å². The van der Waals surface area contributed by atoms with Crippen LogP contribution in [0.5, 0.6) is 0 Å². The Hall–Kier alpha value is -2.58. The van der Waals surface area contributed by atoms with Crippen molar-refractivity contribution in [2.45, 2.75) is 19.4 Å². The molecule has 2 aliphatic rings. The minimum absolute atomic E-state index is 0.350. The highest BCUT2D eigenvalue weighted by molar-refractivity contribution is 7.08. The van der Waals surface area contributed by atoms with Gasteiger partial charge in [-0.05, 0) is 52.9 Å². The summed E-state index contributed by atoms with van der Waals surface area (Å²) in [5.41, 5.74) is 8.56. The van der Waals surface area contributed by atoms with E-state index < -0.39 is 0 Å². The van der Waals surface area contributed by atoms with Gasteiger partial charge in [-0.25, -0.2) is 0 Å². The van der Waals surface area contributed by atoms with Crippen LogP contribution in [0.3, 0.4) is 0 Å². The Morgan fingerprint density at radius 2 is 1.44 bits per heavy atom. The first-order chi connectivity index (χ1) is 12.2. The maximum Gasteiger partial charge on any atom is 0.136 e. The van der Waals surface area contributed by atoms with Crippen molar-refractivity contribution in [3.8, 4) is 0 Å². The van der Waals surface area contributed by atoms with E-state index in [0.29, 0.717) is 0 Å². The summed E-state index contributed by atoms with van der Waals surface area (Å²) in [6.45, 7) is 4.35. The molecule has 0 N–H and O–H groups in total. The summed E-state index contributed by atoms with van der Waals surface area (Å²) in [6, 6.07) is 21.4. The fourth-order valence-electron chi connectivity index (χ4n) is 4.01. The predicted molar refractivity (Wildman–Crippen MR) is 105 cm³/mol. The lowest BCUT2D eigenvalue weighted by molar-refractivity contribution is 0.133. The van der Waals surface area contributed by atoms with Crippen molar-refractivity contribution < 1.29 is 4.74 Å². The summed E-state index contributed by atoms with van der Waals surface area (Å²) in [6.07, 6.45) is 0. The van der Waals surface area contributed by atoms with Crippen LogP contribution in [0.2, 0.25) is 0 Å². The molecular weight excluding hydrogens is 324 g/mol. The second kappa shape index (κ2) is 5.21. The highest BCUT2D eigenvalue weighted by Gasteiger charge is 2.45. The van der Waals surface area contributed by atoms with Crippen molar-refractivity contribution >= 4 is 28.2 Å². The van der Waals surface area contributed by atoms with Gasteiger partial charge < -0.3 is 4.74 Å². The molecule has 0 saturated heterocycles. The first-order valence-electron chi connectivity index (χ1n) is 8.53. The van der Waals surface area contributed by atoms with Crippen molar-refractivity contribution in [2.75, 3.05) is 0 Å². The molecule has 0 amide bonds. The molecule has 122 valence electrons. The Morgan fingerprint density at radius 1 is 0.760 bits per heavy atom. The van der Waals surface area contributed by atoms with Gasteiger partial charge in [0.25, 0.3) is 0 Å². The molecule has 0 bridgehead atoms. The van der Waals surface area contributed by atoms with E-state index in [1.165, 1.54) is 33.4 Å². The molecule has 1 aliphatic carbocycles. The summed E-state index contributed by atoms with van der Waals surface area (Å²) in [4.78, 5) is 0. The summed E-state index contributed by atoms with van der Waals surface area (Å²) in [7, 11) is 0. The second-order valence-corrected chi connectivity index (χ2v) is 7.77. The lowest BCUT2D eigenvalue weighted by Crippen LogP contribution is -2.21. The number of hydrogen-bond acceptors (Lipinski definition) is 2. The van der Waals surface area contributed by atoms with Gasteiger partial charge in [0.2, 0.25) is 0 Å². The van der Waals surface area contributed by atoms with Gasteiger partial charge in [0.1, 0.15) is 11.4 Å². The zero-order valence-electron chi connectivity index (χ0n) is 14.2. The molecule has 1 aromatic heterocycles. The molecule has 25 heavy (non-hydrogen) atoms. The van der Waals surface area contributed by atoms with Crippen LogP contribution in [0.25, 0.3) is 16.9 Å². The maximum absolute atomic E-state index is 6.51. The standard InChI is InChI=1S/C23H18OS/c1-23(2)21-19(16-12-13-25-14-16)17-10-6-7-11-18(17)20(21)22(24-23)15-8-4-3-5-9-15/h3-14H,1-2H3. The molecule has 1 nitrogen and oxygen atoms in total. The summed E-state index contributed by atoms with van der Waals surface area (Å²) >= 11 is 1.74. The number of benzene rings is 2. The number of thiophene rings is 1. The van der Waals surface area contributed by atoms with E-state index in [1.807, 2.05) is 6.07 Å². The minimum Gasteiger partial charge on any atom is -0.482 e. The Kier molecular flexibility index (Phi) is 3.07. The van der Waals surface area contributed by atoms with Gasteiger partial charge in [0.05, 0.1) is 0 Å². The van der Waals surface area contributed by atoms with E-state index in [-0.39, 0.29) is 5.60 Å². The van der Waals surface area contributed by atoms with Crippen LogP contribution >= 0.6 is 11.3 Å². The van der Waals surface area contributed by atoms with E-state index in [1.54, 1.807) is 11.3 Å². The summed E-state index contributed by atoms with van der Waals surface area (Å²) in [5.74, 6) is 0.998. The zero-order chi connectivity index (χ0) is 17.0. The smallest absolute Gasteiger partial charge is 0.136 e. The van der Waals surface area contributed by atoms with Crippen LogP contribution in [0, 0.1) is 0 Å². The van der Waals surface area contributed by atoms with Gasteiger partial charge >= 0.3 is 0 Å². The van der Waals surface area contributed by atoms with Gasteiger partial charge in [-0.15, -0.1) is 0 Å². The predicted octanol–water partition coefficient (Wildman–Crippen LogP) is 6.24. The monoisotopic (exact) mass is 342 g/mol. The topological polar surface area (TPSA) is 9.23 Å². The quantitative estimate of drug-likeness (QED) is 0.535. The molecule has 0 spiro atoms. The fourth-order valence-corrected chi connectivity index (χ4v) is 4.65. The normalized spacial score (nSPS) is 17.5.